The molecule has 0 aliphatic heterocycles. The lowest BCUT2D eigenvalue weighted by atomic mass is 10.2. The van der Waals surface area contributed by atoms with Gasteiger partial charge in [-0.05, 0) is 6.07 Å². The summed E-state index contributed by atoms with van der Waals surface area (Å²) < 4.78 is 2.01. The first-order valence-corrected chi connectivity index (χ1v) is 9.45. The lowest BCUT2D eigenvalue weighted by Crippen LogP contribution is -2.38. The van der Waals surface area contributed by atoms with Crippen LogP contribution in [0.3, 0.4) is 0 Å². The second-order valence-electron chi connectivity index (χ2n) is 5.73. The van der Waals surface area contributed by atoms with E-state index in [0.29, 0.717) is 23.9 Å². The summed E-state index contributed by atoms with van der Waals surface area (Å²) >= 11 is 11.6. The molecule has 2 rings (SSSR count). The van der Waals surface area contributed by atoms with Gasteiger partial charge in [0.05, 0.1) is 0 Å². The zero-order valence-corrected chi connectivity index (χ0v) is 15.7. The molecule has 0 spiro atoms. The van der Waals surface area contributed by atoms with E-state index >= 15 is 0 Å². The Balaban J connectivity index is 1.88. The number of hydrogen-bond acceptors (Lipinski definition) is 2. The molecule has 0 radical (unpaired) electrons. The predicted octanol–water partition coefficient (Wildman–Crippen LogP) is 2.53. The Morgan fingerprint density at radius 3 is 2.40 bits per heavy atom. The minimum absolute atomic E-state index is 0.0703. The molecule has 1 heterocycles. The van der Waals surface area contributed by atoms with Crippen molar-refractivity contribution in [1.29, 1.82) is 0 Å². The molecule has 6 heteroatoms. The number of rotatable bonds is 10. The summed E-state index contributed by atoms with van der Waals surface area (Å²) in [7, 11) is 0. The maximum atomic E-state index is 12.4. The summed E-state index contributed by atoms with van der Waals surface area (Å²) in [5.74, 6) is 1.05. The maximum Gasteiger partial charge on any atom is 0.257 e. The molecule has 0 aliphatic carbocycles. The number of nitrogens with zero attached hydrogens (tertiary/aromatic N) is 2. The van der Waals surface area contributed by atoms with Gasteiger partial charge in [-0.15, -0.1) is 23.2 Å². The van der Waals surface area contributed by atoms with Crippen LogP contribution in [0.1, 0.15) is 15.9 Å². The largest absolute Gasteiger partial charge is 0.351 e. The number of carbonyl (C=O) groups is 1. The van der Waals surface area contributed by atoms with Crippen molar-refractivity contribution in [2.75, 3.05) is 37.9 Å². The topological polar surface area (TPSA) is 36.2 Å². The molecule has 134 valence electrons. The van der Waals surface area contributed by atoms with Gasteiger partial charge in [0.25, 0.3) is 5.91 Å². The summed E-state index contributed by atoms with van der Waals surface area (Å²) in [6.07, 6.45) is 3.84. The van der Waals surface area contributed by atoms with Crippen LogP contribution in [0.5, 0.6) is 0 Å². The molecule has 2 aromatic rings. The van der Waals surface area contributed by atoms with E-state index in [4.69, 9.17) is 23.2 Å². The van der Waals surface area contributed by atoms with Gasteiger partial charge >= 0.3 is 0 Å². The van der Waals surface area contributed by atoms with E-state index in [1.807, 2.05) is 47.3 Å². The first-order valence-electron chi connectivity index (χ1n) is 8.38. The Hall–Kier alpha value is -1.62. The highest BCUT2D eigenvalue weighted by molar-refractivity contribution is 6.18. The van der Waals surface area contributed by atoms with Crippen LogP contribution in [0.4, 0.5) is 0 Å². The predicted molar refractivity (Wildman–Crippen MR) is 102 cm³/mol. The Morgan fingerprint density at radius 1 is 1.00 bits per heavy atom. The van der Waals surface area contributed by atoms with Crippen LogP contribution < -0.4 is 9.88 Å². The van der Waals surface area contributed by atoms with E-state index in [9.17, 15) is 4.79 Å². The van der Waals surface area contributed by atoms with E-state index in [1.54, 1.807) is 0 Å². The van der Waals surface area contributed by atoms with Crippen LogP contribution in [0.25, 0.3) is 0 Å². The highest BCUT2D eigenvalue weighted by Gasteiger charge is 2.11. The van der Waals surface area contributed by atoms with Gasteiger partial charge in [0, 0.05) is 49.6 Å². The van der Waals surface area contributed by atoms with Crippen molar-refractivity contribution in [3.05, 3.63) is 66.0 Å². The number of nitrogens with one attached hydrogen (secondary N) is 1. The standard InChI is InChI=1S/C19H23Cl2N3O/c20-8-12-23(13-9-21)14-10-22-19(25)18-7-4-11-24(16-18)15-17-5-2-1-3-6-17/h1-7,11,16H,8-10,12-15H2/p+1. The molecule has 1 aromatic heterocycles. The third-order valence-corrected chi connectivity index (χ3v) is 4.18. The molecule has 1 N–H and O–H groups in total. The molecule has 1 aromatic carbocycles. The summed E-state index contributed by atoms with van der Waals surface area (Å²) in [6.45, 7) is 3.59. The van der Waals surface area contributed by atoms with Crippen molar-refractivity contribution in [3.8, 4) is 0 Å². The number of aromatic nitrogens is 1. The molecule has 0 bridgehead atoms. The number of alkyl halides is 2. The number of pyridine rings is 1. The first-order chi connectivity index (χ1) is 12.2. The maximum absolute atomic E-state index is 12.4. The number of hydrogen-bond donors (Lipinski definition) is 1. The third kappa shape index (κ3) is 7.02. The van der Waals surface area contributed by atoms with Gasteiger partial charge in [-0.3, -0.25) is 9.69 Å². The van der Waals surface area contributed by atoms with Crippen molar-refractivity contribution in [3.63, 3.8) is 0 Å². The van der Waals surface area contributed by atoms with E-state index in [1.165, 1.54) is 5.56 Å². The zero-order chi connectivity index (χ0) is 17.9. The average molecular weight is 381 g/mol. The van der Waals surface area contributed by atoms with Gasteiger partial charge in [-0.1, -0.05) is 30.3 Å². The summed E-state index contributed by atoms with van der Waals surface area (Å²) in [5, 5.41) is 2.96. The van der Waals surface area contributed by atoms with Gasteiger partial charge in [-0.25, -0.2) is 0 Å². The van der Waals surface area contributed by atoms with Gasteiger partial charge in [0.15, 0.2) is 18.9 Å². The monoisotopic (exact) mass is 380 g/mol. The molecule has 0 saturated carbocycles. The van der Waals surface area contributed by atoms with Crippen molar-refractivity contribution in [2.45, 2.75) is 6.54 Å². The zero-order valence-electron chi connectivity index (χ0n) is 14.2. The molecule has 1 amide bonds. The molecule has 0 saturated heterocycles. The molecule has 0 aliphatic rings. The van der Waals surface area contributed by atoms with E-state index in [-0.39, 0.29) is 5.91 Å². The fourth-order valence-corrected chi connectivity index (χ4v) is 3.03. The van der Waals surface area contributed by atoms with E-state index < -0.39 is 0 Å². The molecular formula is C19H24Cl2N3O+. The minimum atomic E-state index is -0.0703. The molecule has 4 nitrogen and oxygen atoms in total. The molecular weight excluding hydrogens is 357 g/mol. The van der Waals surface area contributed by atoms with Gasteiger partial charge in [0.2, 0.25) is 0 Å². The SMILES string of the molecule is O=C(NCCN(CCCl)CCCl)c1ccc[n+](Cc2ccccc2)c1. The first kappa shape index (κ1) is 19.7. The van der Waals surface area contributed by atoms with Gasteiger partial charge < -0.3 is 5.32 Å². The Bertz CT molecular complexity index is 646. The van der Waals surface area contributed by atoms with Crippen LogP contribution in [-0.2, 0) is 6.54 Å². The molecule has 0 unspecified atom stereocenters. The summed E-state index contributed by atoms with van der Waals surface area (Å²) in [6, 6.07) is 13.9. The van der Waals surface area contributed by atoms with Crippen LogP contribution >= 0.6 is 23.2 Å². The van der Waals surface area contributed by atoms with Crippen molar-refractivity contribution >= 4 is 29.1 Å². The number of benzene rings is 1. The smallest absolute Gasteiger partial charge is 0.257 e. The average Bonchev–Trinajstić information content (AvgIpc) is 2.63. The number of halogens is 2. The van der Waals surface area contributed by atoms with Crippen LogP contribution in [-0.4, -0.2) is 48.7 Å². The normalized spacial score (nSPS) is 10.8. The van der Waals surface area contributed by atoms with E-state index in [0.717, 1.165) is 26.2 Å². The summed E-state index contributed by atoms with van der Waals surface area (Å²) in [4.78, 5) is 14.5. The summed E-state index contributed by atoms with van der Waals surface area (Å²) in [5.41, 5.74) is 1.85. The lowest BCUT2D eigenvalue weighted by Gasteiger charge is -2.19. The highest BCUT2D eigenvalue weighted by atomic mass is 35.5. The number of amides is 1. The fraction of sp³-hybridized carbons (Fsp3) is 0.368. The highest BCUT2D eigenvalue weighted by Crippen LogP contribution is 2.00. The third-order valence-electron chi connectivity index (χ3n) is 3.84. The molecule has 25 heavy (non-hydrogen) atoms. The van der Waals surface area contributed by atoms with E-state index in [2.05, 4.69) is 22.3 Å². The van der Waals surface area contributed by atoms with Gasteiger partial charge in [-0.2, -0.15) is 4.57 Å². The quantitative estimate of drug-likeness (QED) is 0.507. The molecule has 0 atom stereocenters. The van der Waals surface area contributed by atoms with Crippen molar-refractivity contribution < 1.29 is 9.36 Å². The lowest BCUT2D eigenvalue weighted by molar-refractivity contribution is -0.688. The number of carbonyl (C=O) groups excluding carboxylic acids is 1. The fourth-order valence-electron chi connectivity index (χ4n) is 2.55. The minimum Gasteiger partial charge on any atom is -0.351 e. The van der Waals surface area contributed by atoms with Crippen LogP contribution in [0.2, 0.25) is 0 Å². The van der Waals surface area contributed by atoms with Gasteiger partial charge in [0.1, 0.15) is 5.56 Å². The second-order valence-corrected chi connectivity index (χ2v) is 6.48. The second kappa shape index (κ2) is 11.1. The van der Waals surface area contributed by atoms with Crippen molar-refractivity contribution in [2.24, 2.45) is 0 Å². The van der Waals surface area contributed by atoms with Crippen molar-refractivity contribution in [1.82, 2.24) is 10.2 Å². The Kier molecular flexibility index (Phi) is 8.73. The Morgan fingerprint density at radius 2 is 1.72 bits per heavy atom. The van der Waals surface area contributed by atoms with Crippen LogP contribution in [0, 0.1) is 0 Å². The molecule has 0 fully saturated rings. The van der Waals surface area contributed by atoms with Crippen LogP contribution in [0.15, 0.2) is 54.9 Å². The Labute approximate surface area is 159 Å².